The van der Waals surface area contributed by atoms with E-state index < -0.39 is 10.0 Å². The zero-order valence-corrected chi connectivity index (χ0v) is 12.6. The minimum absolute atomic E-state index is 0.162. The number of sulfonamides is 1. The fraction of sp³-hybridized carbons (Fsp3) is 0.250. The topological polar surface area (TPSA) is 88.5 Å². The molecule has 2 aromatic rings. The van der Waals surface area contributed by atoms with E-state index in [4.69, 9.17) is 9.84 Å². The average molecular weight is 314 g/mol. The lowest BCUT2D eigenvalue weighted by Gasteiger charge is -2.06. The van der Waals surface area contributed by atoms with Crippen LogP contribution in [0.3, 0.4) is 0 Å². The van der Waals surface area contributed by atoms with Gasteiger partial charge < -0.3 is 9.84 Å². The van der Waals surface area contributed by atoms with Crippen molar-refractivity contribution in [3.8, 4) is 5.88 Å². The van der Waals surface area contributed by atoms with Crippen LogP contribution in [0.2, 0.25) is 0 Å². The Labute approximate surface area is 121 Å². The molecule has 0 aliphatic heterocycles. The van der Waals surface area contributed by atoms with Crippen LogP contribution in [0.25, 0.3) is 0 Å². The first kappa shape index (κ1) is 14.8. The number of hydrogen-bond acceptors (Lipinski definition) is 6. The molecular formula is C12H14N2O4S2. The number of aromatic nitrogens is 1. The zero-order valence-electron chi connectivity index (χ0n) is 11.0. The Morgan fingerprint density at radius 1 is 1.45 bits per heavy atom. The van der Waals surface area contributed by atoms with Crippen LogP contribution in [-0.2, 0) is 16.6 Å². The highest BCUT2D eigenvalue weighted by atomic mass is 32.2. The highest BCUT2D eigenvalue weighted by molar-refractivity contribution is 7.94. The number of nitrogens with zero attached hydrogens (tertiary/aromatic N) is 1. The number of nitrogens with one attached hydrogen (secondary N) is 1. The molecule has 0 saturated carbocycles. The average Bonchev–Trinajstić information content (AvgIpc) is 2.81. The van der Waals surface area contributed by atoms with Gasteiger partial charge in [0.1, 0.15) is 4.21 Å². The predicted molar refractivity (Wildman–Crippen MR) is 76.6 cm³/mol. The van der Waals surface area contributed by atoms with Crippen LogP contribution in [-0.4, -0.2) is 25.6 Å². The Hall–Kier alpha value is -1.64. The molecule has 0 bridgehead atoms. The van der Waals surface area contributed by atoms with E-state index in [1.54, 1.807) is 19.1 Å². The van der Waals surface area contributed by atoms with Crippen molar-refractivity contribution in [3.63, 3.8) is 0 Å². The number of ether oxygens (including phenoxy) is 1. The predicted octanol–water partition coefficient (Wildman–Crippen LogP) is 1.75. The summed E-state index contributed by atoms with van der Waals surface area (Å²) in [6, 6.07) is 4.67. The first-order chi connectivity index (χ1) is 9.46. The van der Waals surface area contributed by atoms with Crippen LogP contribution in [0.15, 0.2) is 28.6 Å². The molecule has 0 amide bonds. The van der Waals surface area contributed by atoms with Crippen LogP contribution >= 0.6 is 11.3 Å². The van der Waals surface area contributed by atoms with Crippen LogP contribution in [0, 0.1) is 6.92 Å². The molecule has 2 heterocycles. The summed E-state index contributed by atoms with van der Waals surface area (Å²) in [4.78, 5) is 4.57. The first-order valence-electron chi connectivity index (χ1n) is 5.69. The van der Waals surface area contributed by atoms with Crippen molar-refractivity contribution in [1.82, 2.24) is 4.98 Å². The summed E-state index contributed by atoms with van der Waals surface area (Å²) in [5, 5.41) is 9.12. The number of anilines is 1. The minimum Gasteiger partial charge on any atom is -0.481 e. The van der Waals surface area contributed by atoms with E-state index in [2.05, 4.69) is 9.71 Å². The molecule has 0 unspecified atom stereocenters. The van der Waals surface area contributed by atoms with Crippen molar-refractivity contribution in [2.24, 2.45) is 0 Å². The molecule has 2 N–H and O–H groups in total. The van der Waals surface area contributed by atoms with Gasteiger partial charge in [0.2, 0.25) is 5.88 Å². The second-order valence-electron chi connectivity index (χ2n) is 4.02. The van der Waals surface area contributed by atoms with E-state index in [-0.39, 0.29) is 10.8 Å². The fourth-order valence-corrected chi connectivity index (χ4v) is 4.04. The van der Waals surface area contributed by atoms with Gasteiger partial charge in [-0.25, -0.2) is 13.4 Å². The Morgan fingerprint density at radius 3 is 2.70 bits per heavy atom. The molecule has 0 aliphatic rings. The molecule has 0 aliphatic carbocycles. The van der Waals surface area contributed by atoms with E-state index in [1.165, 1.54) is 19.4 Å². The van der Waals surface area contributed by atoms with Gasteiger partial charge in [0.05, 0.1) is 25.6 Å². The van der Waals surface area contributed by atoms with Crippen LogP contribution in [0.4, 0.5) is 5.69 Å². The smallest absolute Gasteiger partial charge is 0.271 e. The molecular weight excluding hydrogens is 300 g/mol. The van der Waals surface area contributed by atoms with Crippen molar-refractivity contribution >= 4 is 27.0 Å². The van der Waals surface area contributed by atoms with Crippen molar-refractivity contribution in [2.75, 3.05) is 11.8 Å². The summed E-state index contributed by atoms with van der Waals surface area (Å²) in [5.74, 6) is 0.405. The highest BCUT2D eigenvalue weighted by Gasteiger charge is 2.19. The second kappa shape index (κ2) is 5.78. The number of aliphatic hydroxyl groups excluding tert-OH is 1. The molecule has 0 fully saturated rings. The number of aliphatic hydroxyl groups is 1. The van der Waals surface area contributed by atoms with Gasteiger partial charge in [0.25, 0.3) is 10.0 Å². The number of hydrogen-bond donors (Lipinski definition) is 2. The standard InChI is InChI=1S/C12H14N2O4S2/c1-8-5-12(19-10(8)7-15)20(16,17)14-9-3-4-11(18-2)13-6-9/h3-6,14-15H,7H2,1-2H3. The van der Waals surface area contributed by atoms with Gasteiger partial charge in [0, 0.05) is 10.9 Å². The van der Waals surface area contributed by atoms with Crippen molar-refractivity contribution in [2.45, 2.75) is 17.7 Å². The van der Waals surface area contributed by atoms with Gasteiger partial charge in [-0.15, -0.1) is 11.3 Å². The Bertz CT molecular complexity index is 693. The molecule has 2 aromatic heterocycles. The molecule has 8 heteroatoms. The Morgan fingerprint density at radius 2 is 2.20 bits per heavy atom. The number of pyridine rings is 1. The van der Waals surface area contributed by atoms with Gasteiger partial charge in [-0.3, -0.25) is 4.72 Å². The first-order valence-corrected chi connectivity index (χ1v) is 7.99. The lowest BCUT2D eigenvalue weighted by atomic mass is 10.3. The summed E-state index contributed by atoms with van der Waals surface area (Å²) < 4.78 is 31.9. The summed E-state index contributed by atoms with van der Waals surface area (Å²) in [6.45, 7) is 1.59. The lowest BCUT2D eigenvalue weighted by Crippen LogP contribution is -2.11. The van der Waals surface area contributed by atoms with E-state index >= 15 is 0 Å². The van der Waals surface area contributed by atoms with Crippen molar-refractivity contribution < 1.29 is 18.3 Å². The minimum atomic E-state index is -3.67. The molecule has 0 radical (unpaired) electrons. The quantitative estimate of drug-likeness (QED) is 0.878. The van der Waals surface area contributed by atoms with Gasteiger partial charge >= 0.3 is 0 Å². The largest absolute Gasteiger partial charge is 0.481 e. The summed E-state index contributed by atoms with van der Waals surface area (Å²) in [5.41, 5.74) is 1.10. The highest BCUT2D eigenvalue weighted by Crippen LogP contribution is 2.27. The molecule has 0 saturated heterocycles. The molecule has 6 nitrogen and oxygen atoms in total. The molecule has 0 aromatic carbocycles. The molecule has 0 atom stereocenters. The zero-order chi connectivity index (χ0) is 14.8. The van der Waals surface area contributed by atoms with E-state index in [0.717, 1.165) is 16.9 Å². The number of methoxy groups -OCH3 is 1. The van der Waals surface area contributed by atoms with E-state index in [9.17, 15) is 8.42 Å². The van der Waals surface area contributed by atoms with Gasteiger partial charge in [0.15, 0.2) is 0 Å². The molecule has 0 spiro atoms. The summed E-state index contributed by atoms with van der Waals surface area (Å²) >= 11 is 1.05. The van der Waals surface area contributed by atoms with Crippen molar-refractivity contribution in [1.29, 1.82) is 0 Å². The third kappa shape index (κ3) is 3.09. The maximum absolute atomic E-state index is 12.2. The normalized spacial score (nSPS) is 11.3. The fourth-order valence-electron chi connectivity index (χ4n) is 1.54. The molecule has 20 heavy (non-hydrogen) atoms. The summed E-state index contributed by atoms with van der Waals surface area (Å²) in [6.07, 6.45) is 1.38. The monoisotopic (exact) mass is 314 g/mol. The maximum atomic E-state index is 12.2. The van der Waals surface area contributed by atoms with E-state index in [0.29, 0.717) is 16.4 Å². The Balaban J connectivity index is 2.25. The Kier molecular flexibility index (Phi) is 4.26. The van der Waals surface area contributed by atoms with Gasteiger partial charge in [-0.05, 0) is 24.6 Å². The second-order valence-corrected chi connectivity index (χ2v) is 7.07. The van der Waals surface area contributed by atoms with E-state index in [1.807, 2.05) is 0 Å². The third-order valence-corrected chi connectivity index (χ3v) is 5.68. The van der Waals surface area contributed by atoms with Crippen LogP contribution in [0.5, 0.6) is 5.88 Å². The van der Waals surface area contributed by atoms with Gasteiger partial charge in [-0.2, -0.15) is 0 Å². The SMILES string of the molecule is COc1ccc(NS(=O)(=O)c2cc(C)c(CO)s2)cn1. The molecule has 108 valence electrons. The number of thiophene rings is 1. The van der Waals surface area contributed by atoms with Crippen molar-refractivity contribution in [3.05, 3.63) is 34.8 Å². The van der Waals surface area contributed by atoms with Crippen LogP contribution < -0.4 is 9.46 Å². The number of aryl methyl sites for hydroxylation is 1. The maximum Gasteiger partial charge on any atom is 0.271 e. The molecule has 2 rings (SSSR count). The third-order valence-electron chi connectivity index (χ3n) is 2.60. The number of rotatable bonds is 5. The van der Waals surface area contributed by atoms with Gasteiger partial charge in [-0.1, -0.05) is 0 Å². The lowest BCUT2D eigenvalue weighted by molar-refractivity contribution is 0.285. The summed E-state index contributed by atoms with van der Waals surface area (Å²) in [7, 11) is -2.18. The van der Waals surface area contributed by atoms with Crippen LogP contribution in [0.1, 0.15) is 10.4 Å².